The third-order valence-electron chi connectivity index (χ3n) is 4.88. The van der Waals surface area contributed by atoms with E-state index in [4.69, 9.17) is 0 Å². The van der Waals surface area contributed by atoms with Crippen LogP contribution in [0.15, 0.2) is 48.5 Å². The first-order chi connectivity index (χ1) is 11.6. The van der Waals surface area contributed by atoms with Gasteiger partial charge in [-0.25, -0.2) is 0 Å². The van der Waals surface area contributed by atoms with Gasteiger partial charge in [0.05, 0.1) is 6.54 Å². The molecule has 1 N–H and O–H groups in total. The third-order valence-corrected chi connectivity index (χ3v) is 4.88. The van der Waals surface area contributed by atoms with Gasteiger partial charge in [-0.3, -0.25) is 9.69 Å². The molecule has 2 aromatic rings. The van der Waals surface area contributed by atoms with Crippen molar-refractivity contribution >= 4 is 11.6 Å². The van der Waals surface area contributed by atoms with Crippen molar-refractivity contribution < 1.29 is 4.79 Å². The summed E-state index contributed by atoms with van der Waals surface area (Å²) in [6.45, 7) is 4.70. The minimum atomic E-state index is 0.0509. The van der Waals surface area contributed by atoms with Crippen LogP contribution in [-0.2, 0) is 11.2 Å². The zero-order chi connectivity index (χ0) is 17.1. The first-order valence-electron chi connectivity index (χ1n) is 8.73. The summed E-state index contributed by atoms with van der Waals surface area (Å²) in [5.74, 6) is 0.441. The molecule has 0 radical (unpaired) electrons. The SMILES string of the molecule is CC(C)c1ccccc1NC(=O)CN(C)C1CCc2ccccc21. The Hall–Kier alpha value is -2.13. The Morgan fingerprint density at radius 1 is 1.17 bits per heavy atom. The summed E-state index contributed by atoms with van der Waals surface area (Å²) in [6.07, 6.45) is 2.19. The average molecular weight is 322 g/mol. The molecule has 2 aromatic carbocycles. The Balaban J connectivity index is 1.66. The Morgan fingerprint density at radius 2 is 1.88 bits per heavy atom. The number of carbonyl (C=O) groups excluding carboxylic acids is 1. The van der Waals surface area contributed by atoms with Crippen LogP contribution in [0.25, 0.3) is 0 Å². The Labute approximate surface area is 144 Å². The van der Waals surface area contributed by atoms with Crippen LogP contribution in [0.5, 0.6) is 0 Å². The fourth-order valence-electron chi connectivity index (χ4n) is 3.63. The van der Waals surface area contributed by atoms with Crippen LogP contribution in [-0.4, -0.2) is 24.4 Å². The molecule has 1 aliphatic carbocycles. The van der Waals surface area contributed by atoms with Gasteiger partial charge in [0.1, 0.15) is 0 Å². The molecule has 3 heteroatoms. The van der Waals surface area contributed by atoms with Gasteiger partial charge in [-0.05, 0) is 48.6 Å². The predicted molar refractivity (Wildman–Crippen MR) is 99.3 cm³/mol. The zero-order valence-electron chi connectivity index (χ0n) is 14.8. The summed E-state index contributed by atoms with van der Waals surface area (Å²) in [4.78, 5) is 14.7. The van der Waals surface area contributed by atoms with Gasteiger partial charge in [0.2, 0.25) is 5.91 Å². The Bertz CT molecular complexity index is 723. The predicted octanol–water partition coefficient (Wildman–Crippen LogP) is 4.37. The van der Waals surface area contributed by atoms with E-state index in [9.17, 15) is 4.79 Å². The van der Waals surface area contributed by atoms with Gasteiger partial charge in [-0.1, -0.05) is 56.3 Å². The largest absolute Gasteiger partial charge is 0.325 e. The number of carbonyl (C=O) groups is 1. The standard InChI is InChI=1S/C21H26N2O/c1-15(2)17-9-6-7-11-19(17)22-21(24)14-23(3)20-13-12-16-8-4-5-10-18(16)20/h4-11,15,20H,12-14H2,1-3H3,(H,22,24). The van der Waals surface area contributed by atoms with Crippen molar-refractivity contribution in [2.75, 3.05) is 18.9 Å². The molecule has 1 aliphatic rings. The highest BCUT2D eigenvalue weighted by molar-refractivity contribution is 5.93. The number of fused-ring (bicyclic) bond motifs is 1. The van der Waals surface area contributed by atoms with Crippen molar-refractivity contribution in [3.05, 3.63) is 65.2 Å². The quantitative estimate of drug-likeness (QED) is 0.886. The van der Waals surface area contributed by atoms with E-state index in [1.807, 2.05) is 25.2 Å². The Kier molecular flexibility index (Phi) is 5.00. The number of nitrogens with zero attached hydrogens (tertiary/aromatic N) is 1. The second-order valence-corrected chi connectivity index (χ2v) is 6.96. The maximum Gasteiger partial charge on any atom is 0.238 e. The maximum atomic E-state index is 12.5. The zero-order valence-corrected chi connectivity index (χ0v) is 14.8. The number of anilines is 1. The summed E-state index contributed by atoms with van der Waals surface area (Å²) in [5.41, 5.74) is 4.90. The first kappa shape index (κ1) is 16.7. The highest BCUT2D eigenvalue weighted by Crippen LogP contribution is 2.34. The lowest BCUT2D eigenvalue weighted by Gasteiger charge is -2.25. The number of benzene rings is 2. The second-order valence-electron chi connectivity index (χ2n) is 6.96. The van der Waals surface area contributed by atoms with E-state index in [2.05, 4.69) is 54.4 Å². The van der Waals surface area contributed by atoms with Crippen molar-refractivity contribution in [2.24, 2.45) is 0 Å². The molecular formula is C21H26N2O. The fourth-order valence-corrected chi connectivity index (χ4v) is 3.63. The van der Waals surface area contributed by atoms with Crippen LogP contribution in [0.2, 0.25) is 0 Å². The monoisotopic (exact) mass is 322 g/mol. The number of nitrogens with one attached hydrogen (secondary N) is 1. The molecule has 0 saturated heterocycles. The van der Waals surface area contributed by atoms with E-state index in [1.165, 1.54) is 16.7 Å². The molecule has 1 atom stereocenters. The molecule has 0 saturated carbocycles. The second kappa shape index (κ2) is 7.18. The van der Waals surface area contributed by atoms with Gasteiger partial charge >= 0.3 is 0 Å². The number of para-hydroxylation sites is 1. The van der Waals surface area contributed by atoms with E-state index in [-0.39, 0.29) is 5.91 Å². The number of hydrogen-bond donors (Lipinski definition) is 1. The summed E-state index contributed by atoms with van der Waals surface area (Å²) in [7, 11) is 2.04. The topological polar surface area (TPSA) is 32.3 Å². The van der Waals surface area contributed by atoms with Gasteiger partial charge < -0.3 is 5.32 Å². The van der Waals surface area contributed by atoms with Gasteiger partial charge in [-0.15, -0.1) is 0 Å². The lowest BCUT2D eigenvalue weighted by molar-refractivity contribution is -0.117. The molecule has 1 unspecified atom stereocenters. The normalized spacial score (nSPS) is 16.5. The fraction of sp³-hybridized carbons (Fsp3) is 0.381. The number of hydrogen-bond acceptors (Lipinski definition) is 2. The molecule has 3 rings (SSSR count). The van der Waals surface area contributed by atoms with Crippen molar-refractivity contribution in [2.45, 2.75) is 38.6 Å². The minimum Gasteiger partial charge on any atom is -0.325 e. The van der Waals surface area contributed by atoms with Crippen LogP contribution < -0.4 is 5.32 Å². The van der Waals surface area contributed by atoms with Gasteiger partial charge in [0.25, 0.3) is 0 Å². The van der Waals surface area contributed by atoms with Crippen molar-refractivity contribution in [3.8, 4) is 0 Å². The molecule has 0 aliphatic heterocycles. The van der Waals surface area contributed by atoms with Crippen LogP contribution in [0.1, 0.15) is 48.9 Å². The molecule has 0 aromatic heterocycles. The lowest BCUT2D eigenvalue weighted by Crippen LogP contribution is -2.32. The molecule has 0 fully saturated rings. The van der Waals surface area contributed by atoms with Crippen LogP contribution >= 0.6 is 0 Å². The number of amides is 1. The van der Waals surface area contributed by atoms with Crippen molar-refractivity contribution in [1.82, 2.24) is 4.90 Å². The first-order valence-corrected chi connectivity index (χ1v) is 8.73. The lowest BCUT2D eigenvalue weighted by atomic mass is 10.0. The minimum absolute atomic E-state index is 0.0509. The molecule has 3 nitrogen and oxygen atoms in total. The molecule has 126 valence electrons. The van der Waals surface area contributed by atoms with Crippen LogP contribution in [0.3, 0.4) is 0 Å². The van der Waals surface area contributed by atoms with E-state index < -0.39 is 0 Å². The van der Waals surface area contributed by atoms with E-state index >= 15 is 0 Å². The van der Waals surface area contributed by atoms with Crippen LogP contribution in [0.4, 0.5) is 5.69 Å². The number of rotatable bonds is 5. The maximum absolute atomic E-state index is 12.5. The molecule has 0 spiro atoms. The van der Waals surface area contributed by atoms with Crippen molar-refractivity contribution in [1.29, 1.82) is 0 Å². The number of aryl methyl sites for hydroxylation is 1. The van der Waals surface area contributed by atoms with Gasteiger partial charge in [0, 0.05) is 11.7 Å². The third kappa shape index (κ3) is 3.51. The molecular weight excluding hydrogens is 296 g/mol. The van der Waals surface area contributed by atoms with Gasteiger partial charge in [-0.2, -0.15) is 0 Å². The summed E-state index contributed by atoms with van der Waals surface area (Å²) in [5, 5.41) is 3.09. The molecule has 0 heterocycles. The van der Waals surface area contributed by atoms with E-state index in [0.29, 0.717) is 18.5 Å². The van der Waals surface area contributed by atoms with E-state index in [0.717, 1.165) is 18.5 Å². The highest BCUT2D eigenvalue weighted by atomic mass is 16.2. The van der Waals surface area contributed by atoms with Crippen LogP contribution in [0, 0.1) is 0 Å². The number of likely N-dealkylation sites (N-methyl/N-ethyl adjacent to an activating group) is 1. The summed E-state index contributed by atoms with van der Waals surface area (Å²) in [6, 6.07) is 17.0. The summed E-state index contributed by atoms with van der Waals surface area (Å²) < 4.78 is 0. The Morgan fingerprint density at radius 3 is 2.67 bits per heavy atom. The molecule has 1 amide bonds. The van der Waals surface area contributed by atoms with Gasteiger partial charge in [0.15, 0.2) is 0 Å². The average Bonchev–Trinajstić information content (AvgIpc) is 2.99. The highest BCUT2D eigenvalue weighted by Gasteiger charge is 2.26. The molecule has 0 bridgehead atoms. The smallest absolute Gasteiger partial charge is 0.238 e. The summed E-state index contributed by atoms with van der Waals surface area (Å²) >= 11 is 0. The van der Waals surface area contributed by atoms with E-state index in [1.54, 1.807) is 0 Å². The molecule has 24 heavy (non-hydrogen) atoms. The van der Waals surface area contributed by atoms with Crippen molar-refractivity contribution in [3.63, 3.8) is 0 Å².